The molecule has 0 saturated carbocycles. The third-order valence-electron chi connectivity index (χ3n) is 3.35. The van der Waals surface area contributed by atoms with E-state index in [1.54, 1.807) is 18.5 Å². The van der Waals surface area contributed by atoms with Crippen molar-refractivity contribution in [2.45, 2.75) is 57.7 Å². The van der Waals surface area contributed by atoms with Crippen LogP contribution in [0.5, 0.6) is 0 Å². The molecule has 138 valence electrons. The first kappa shape index (κ1) is 20.6. The van der Waals surface area contributed by atoms with E-state index >= 15 is 0 Å². The van der Waals surface area contributed by atoms with Gasteiger partial charge in [-0.1, -0.05) is 6.07 Å². The Balaban J connectivity index is 2.86. The monoisotopic (exact) mass is 351 g/mol. The zero-order chi connectivity index (χ0) is 19.0. The lowest BCUT2D eigenvalue weighted by Crippen LogP contribution is -2.55. The molecule has 0 aliphatic carbocycles. The highest BCUT2D eigenvalue weighted by Crippen LogP contribution is 2.09. The highest BCUT2D eigenvalue weighted by atomic mass is 16.4. The molecule has 2 atom stereocenters. The number of nitrogens with one attached hydrogen (secondary N) is 2. The summed E-state index contributed by atoms with van der Waals surface area (Å²) >= 11 is 0. The number of carbonyl (C=O) groups excluding carboxylic acids is 1. The molecule has 0 spiro atoms. The van der Waals surface area contributed by atoms with Crippen LogP contribution >= 0.6 is 0 Å². The maximum Gasteiger partial charge on any atom is 0.326 e. The molecule has 0 saturated heterocycles. The number of pyridine rings is 1. The molecule has 0 aromatic carbocycles. The molecule has 25 heavy (non-hydrogen) atoms. The topological polar surface area (TPSA) is 129 Å². The van der Waals surface area contributed by atoms with Crippen molar-refractivity contribution < 1.29 is 24.6 Å². The molecule has 0 aliphatic heterocycles. The van der Waals surface area contributed by atoms with E-state index in [0.29, 0.717) is 6.42 Å². The van der Waals surface area contributed by atoms with Gasteiger partial charge in [0.25, 0.3) is 0 Å². The predicted octanol–water partition coefficient (Wildman–Crippen LogP) is 0.815. The van der Waals surface area contributed by atoms with Gasteiger partial charge in [-0.2, -0.15) is 0 Å². The maximum absolute atomic E-state index is 12.6. The summed E-state index contributed by atoms with van der Waals surface area (Å²) in [7, 11) is 0. The minimum absolute atomic E-state index is 0.175. The molecular formula is C17H25N3O5. The summed E-state index contributed by atoms with van der Waals surface area (Å²) in [5.41, 5.74) is 0.459. The van der Waals surface area contributed by atoms with E-state index in [2.05, 4.69) is 15.6 Å². The Morgan fingerprint density at radius 1 is 1.20 bits per heavy atom. The van der Waals surface area contributed by atoms with Gasteiger partial charge in [-0.05, 0) is 45.2 Å². The molecule has 0 unspecified atom stereocenters. The number of rotatable bonds is 9. The third kappa shape index (κ3) is 8.25. The Morgan fingerprint density at radius 2 is 1.88 bits per heavy atom. The highest BCUT2D eigenvalue weighted by Gasteiger charge is 2.28. The lowest BCUT2D eigenvalue weighted by Gasteiger charge is -2.29. The van der Waals surface area contributed by atoms with Crippen molar-refractivity contribution in [3.8, 4) is 0 Å². The Morgan fingerprint density at radius 3 is 2.36 bits per heavy atom. The minimum atomic E-state index is -1.26. The van der Waals surface area contributed by atoms with E-state index in [0.717, 1.165) is 5.56 Å². The van der Waals surface area contributed by atoms with Gasteiger partial charge in [0.05, 0.1) is 6.04 Å². The summed E-state index contributed by atoms with van der Waals surface area (Å²) < 4.78 is 0. The van der Waals surface area contributed by atoms with Crippen molar-refractivity contribution in [2.24, 2.45) is 0 Å². The molecule has 4 N–H and O–H groups in total. The number of hydrogen-bond acceptors (Lipinski definition) is 5. The average Bonchev–Trinajstić information content (AvgIpc) is 2.49. The lowest BCUT2D eigenvalue weighted by molar-refractivity contribution is -0.143. The highest BCUT2D eigenvalue weighted by molar-refractivity contribution is 5.87. The quantitative estimate of drug-likeness (QED) is 0.518. The molecule has 0 radical (unpaired) electrons. The lowest BCUT2D eigenvalue weighted by atomic mass is 10.0. The summed E-state index contributed by atoms with van der Waals surface area (Å²) in [4.78, 5) is 38.5. The van der Waals surface area contributed by atoms with Gasteiger partial charge in [0.15, 0.2) is 0 Å². The Bertz CT molecular complexity index is 598. The molecule has 1 aromatic heterocycles. The Hall–Kier alpha value is -2.48. The van der Waals surface area contributed by atoms with Gasteiger partial charge in [0.1, 0.15) is 6.04 Å². The van der Waals surface area contributed by atoms with Gasteiger partial charge in [0, 0.05) is 24.4 Å². The van der Waals surface area contributed by atoms with Gasteiger partial charge in [-0.3, -0.25) is 14.6 Å². The molecule has 1 amide bonds. The van der Waals surface area contributed by atoms with Crippen molar-refractivity contribution in [3.05, 3.63) is 30.1 Å². The second kappa shape index (κ2) is 9.12. The summed E-state index contributed by atoms with van der Waals surface area (Å²) in [6, 6.07) is 1.67. The van der Waals surface area contributed by atoms with Crippen LogP contribution in [0.25, 0.3) is 0 Å². The first-order valence-electron chi connectivity index (χ1n) is 8.00. The summed E-state index contributed by atoms with van der Waals surface area (Å²) in [5, 5.41) is 23.5. The minimum Gasteiger partial charge on any atom is -0.481 e. The number of aliphatic carboxylic acids is 2. The largest absolute Gasteiger partial charge is 0.481 e. The van der Waals surface area contributed by atoms with Crippen LogP contribution < -0.4 is 10.6 Å². The zero-order valence-corrected chi connectivity index (χ0v) is 14.7. The predicted molar refractivity (Wildman–Crippen MR) is 91.1 cm³/mol. The third-order valence-corrected chi connectivity index (χ3v) is 3.35. The van der Waals surface area contributed by atoms with Gasteiger partial charge in [-0.25, -0.2) is 4.79 Å². The molecule has 1 heterocycles. The normalized spacial score (nSPS) is 13.7. The van der Waals surface area contributed by atoms with Gasteiger partial charge in [-0.15, -0.1) is 0 Å². The van der Waals surface area contributed by atoms with Crippen LogP contribution in [0.2, 0.25) is 0 Å². The molecule has 1 aromatic rings. The second-order valence-corrected chi connectivity index (χ2v) is 6.84. The number of carboxylic acids is 2. The molecule has 0 aliphatic rings. The first-order chi connectivity index (χ1) is 11.6. The Labute approximate surface area is 146 Å². The van der Waals surface area contributed by atoms with Gasteiger partial charge >= 0.3 is 11.9 Å². The van der Waals surface area contributed by atoms with Crippen molar-refractivity contribution >= 4 is 17.8 Å². The van der Waals surface area contributed by atoms with Crippen molar-refractivity contribution in [2.75, 3.05) is 0 Å². The van der Waals surface area contributed by atoms with Crippen LogP contribution in [0.1, 0.15) is 39.2 Å². The fourth-order valence-electron chi connectivity index (χ4n) is 2.28. The van der Waals surface area contributed by atoms with Gasteiger partial charge < -0.3 is 20.8 Å². The second-order valence-electron chi connectivity index (χ2n) is 6.84. The number of hydrogen-bond donors (Lipinski definition) is 4. The van der Waals surface area contributed by atoms with Crippen molar-refractivity contribution in [1.82, 2.24) is 15.6 Å². The molecule has 8 nitrogen and oxygen atoms in total. The average molecular weight is 351 g/mol. The zero-order valence-electron chi connectivity index (χ0n) is 14.7. The van der Waals surface area contributed by atoms with E-state index < -0.39 is 29.9 Å². The van der Waals surface area contributed by atoms with E-state index in [1.165, 1.54) is 0 Å². The fraction of sp³-hybridized carbons (Fsp3) is 0.529. The summed E-state index contributed by atoms with van der Waals surface area (Å²) in [5.74, 6) is -2.86. The summed E-state index contributed by atoms with van der Waals surface area (Å²) in [6.45, 7) is 5.70. The van der Waals surface area contributed by atoms with Crippen molar-refractivity contribution in [1.29, 1.82) is 0 Å². The van der Waals surface area contributed by atoms with Crippen LogP contribution in [-0.4, -0.2) is 50.7 Å². The first-order valence-corrected chi connectivity index (χ1v) is 8.00. The fourth-order valence-corrected chi connectivity index (χ4v) is 2.28. The smallest absolute Gasteiger partial charge is 0.326 e. The van der Waals surface area contributed by atoms with Gasteiger partial charge in [0.2, 0.25) is 5.91 Å². The number of carbonyl (C=O) groups is 3. The van der Waals surface area contributed by atoms with E-state index in [4.69, 9.17) is 5.11 Å². The molecule has 0 fully saturated rings. The maximum atomic E-state index is 12.6. The van der Waals surface area contributed by atoms with E-state index in [1.807, 2.05) is 26.8 Å². The number of amides is 1. The number of carboxylic acid groups (broad SMARTS) is 2. The molecule has 1 rings (SSSR count). The molecule has 0 bridgehead atoms. The van der Waals surface area contributed by atoms with Crippen LogP contribution in [0, 0.1) is 0 Å². The Kier molecular flexibility index (Phi) is 7.50. The van der Waals surface area contributed by atoms with Crippen LogP contribution in [0.4, 0.5) is 0 Å². The summed E-state index contributed by atoms with van der Waals surface area (Å²) in [6.07, 6.45) is 3.09. The molecule has 8 heteroatoms. The van der Waals surface area contributed by atoms with E-state index in [-0.39, 0.29) is 18.4 Å². The van der Waals surface area contributed by atoms with Crippen LogP contribution in [0.3, 0.4) is 0 Å². The SMILES string of the molecule is CC(C)(C)N[C@@H](Cc1cccnc1)C(=O)N[C@@H](CCC(=O)O)C(=O)O. The molecular weight excluding hydrogens is 326 g/mol. The van der Waals surface area contributed by atoms with E-state index in [9.17, 15) is 19.5 Å². The van der Waals surface area contributed by atoms with Crippen LogP contribution in [-0.2, 0) is 20.8 Å². The number of aromatic nitrogens is 1. The van der Waals surface area contributed by atoms with Crippen LogP contribution in [0.15, 0.2) is 24.5 Å². The number of nitrogens with zero attached hydrogens (tertiary/aromatic N) is 1. The standard InChI is InChI=1S/C17H25N3O5/c1-17(2,3)20-13(9-11-5-4-8-18-10-11)15(23)19-12(16(24)25)6-7-14(21)22/h4-5,8,10,12-13,20H,6-7,9H2,1-3H3,(H,19,23)(H,21,22)(H,24,25)/t12-,13-/m0/s1. The van der Waals surface area contributed by atoms with Crippen molar-refractivity contribution in [3.63, 3.8) is 0 Å².